The lowest BCUT2D eigenvalue weighted by molar-refractivity contribution is -0.138. The Kier molecular flexibility index (Phi) is 3.66. The van der Waals surface area contributed by atoms with Crippen molar-refractivity contribution in [1.29, 1.82) is 0 Å². The normalized spacial score (nSPS) is 11.4. The third-order valence-electron chi connectivity index (χ3n) is 2.27. The predicted molar refractivity (Wildman–Crippen MR) is 65.8 cm³/mol. The van der Waals surface area contributed by atoms with Gasteiger partial charge in [0.15, 0.2) is 5.76 Å². The summed E-state index contributed by atoms with van der Waals surface area (Å²) in [4.78, 5) is 11.6. The molecule has 0 aliphatic rings. The van der Waals surface area contributed by atoms with Gasteiger partial charge in [0.05, 0.1) is 11.8 Å². The SMILES string of the molecule is O=C(Nc1ccc(Br)c(C(F)(F)F)c1)c1ccco1. The Labute approximate surface area is 114 Å². The number of hydrogen-bond donors (Lipinski definition) is 1. The van der Waals surface area contributed by atoms with Crippen LogP contribution in [0.5, 0.6) is 0 Å². The van der Waals surface area contributed by atoms with Crippen molar-refractivity contribution < 1.29 is 22.4 Å². The Morgan fingerprint density at radius 2 is 2.00 bits per heavy atom. The van der Waals surface area contributed by atoms with Crippen LogP contribution >= 0.6 is 15.9 Å². The van der Waals surface area contributed by atoms with Crippen molar-refractivity contribution in [2.75, 3.05) is 5.32 Å². The first-order valence-corrected chi connectivity index (χ1v) is 5.89. The molecule has 0 unspecified atom stereocenters. The Balaban J connectivity index is 2.25. The molecule has 0 bridgehead atoms. The van der Waals surface area contributed by atoms with Gasteiger partial charge in [-0.3, -0.25) is 4.79 Å². The molecule has 3 nitrogen and oxygen atoms in total. The van der Waals surface area contributed by atoms with Crippen LogP contribution in [-0.2, 0) is 6.18 Å². The number of alkyl halides is 3. The molecule has 0 aliphatic carbocycles. The summed E-state index contributed by atoms with van der Waals surface area (Å²) < 4.78 is 42.8. The molecule has 2 rings (SSSR count). The Bertz CT molecular complexity index is 594. The van der Waals surface area contributed by atoms with Crippen LogP contribution in [0.4, 0.5) is 18.9 Å². The molecule has 100 valence electrons. The standard InChI is InChI=1S/C12H7BrF3NO2/c13-9-4-3-7(6-8(9)12(14,15)16)17-11(18)10-2-1-5-19-10/h1-6H,(H,17,18). The average molecular weight is 334 g/mol. The van der Waals surface area contributed by atoms with E-state index in [4.69, 9.17) is 4.42 Å². The van der Waals surface area contributed by atoms with E-state index in [0.29, 0.717) is 0 Å². The molecule has 0 atom stereocenters. The lowest BCUT2D eigenvalue weighted by Gasteiger charge is -2.11. The molecule has 0 radical (unpaired) electrons. The minimum Gasteiger partial charge on any atom is -0.459 e. The Hall–Kier alpha value is -1.76. The zero-order chi connectivity index (χ0) is 14.0. The number of amides is 1. The van der Waals surface area contributed by atoms with Crippen LogP contribution in [0.1, 0.15) is 16.1 Å². The van der Waals surface area contributed by atoms with Gasteiger partial charge < -0.3 is 9.73 Å². The van der Waals surface area contributed by atoms with Crippen molar-refractivity contribution in [2.45, 2.75) is 6.18 Å². The minimum atomic E-state index is -4.50. The van der Waals surface area contributed by atoms with E-state index in [-0.39, 0.29) is 15.9 Å². The highest BCUT2D eigenvalue weighted by molar-refractivity contribution is 9.10. The van der Waals surface area contributed by atoms with Crippen molar-refractivity contribution in [3.63, 3.8) is 0 Å². The van der Waals surface area contributed by atoms with E-state index in [0.717, 1.165) is 6.07 Å². The van der Waals surface area contributed by atoms with Crippen LogP contribution in [0.3, 0.4) is 0 Å². The van der Waals surface area contributed by atoms with Crippen LogP contribution < -0.4 is 5.32 Å². The molecule has 2 aromatic rings. The van der Waals surface area contributed by atoms with Gasteiger partial charge in [-0.1, -0.05) is 15.9 Å². The van der Waals surface area contributed by atoms with Gasteiger partial charge in [0.25, 0.3) is 5.91 Å². The van der Waals surface area contributed by atoms with E-state index in [2.05, 4.69) is 21.2 Å². The fourth-order valence-corrected chi connectivity index (χ4v) is 1.89. The Morgan fingerprint density at radius 3 is 2.58 bits per heavy atom. The van der Waals surface area contributed by atoms with Crippen LogP contribution in [0.2, 0.25) is 0 Å². The molecule has 7 heteroatoms. The van der Waals surface area contributed by atoms with Gasteiger partial charge in [0.2, 0.25) is 0 Å². The van der Waals surface area contributed by atoms with Crippen molar-refractivity contribution in [3.8, 4) is 0 Å². The van der Waals surface area contributed by atoms with Gasteiger partial charge in [-0.2, -0.15) is 13.2 Å². The number of rotatable bonds is 2. The van der Waals surface area contributed by atoms with Crippen molar-refractivity contribution >= 4 is 27.5 Å². The molecule has 0 spiro atoms. The van der Waals surface area contributed by atoms with Gasteiger partial charge in [0.1, 0.15) is 0 Å². The fraction of sp³-hybridized carbons (Fsp3) is 0.0833. The van der Waals surface area contributed by atoms with Crippen molar-refractivity contribution in [2.24, 2.45) is 0 Å². The lowest BCUT2D eigenvalue weighted by Crippen LogP contribution is -2.12. The number of carbonyl (C=O) groups is 1. The fourth-order valence-electron chi connectivity index (χ4n) is 1.42. The molecule has 1 amide bonds. The first-order valence-electron chi connectivity index (χ1n) is 5.09. The smallest absolute Gasteiger partial charge is 0.417 e. The highest BCUT2D eigenvalue weighted by Gasteiger charge is 2.33. The molecule has 19 heavy (non-hydrogen) atoms. The van der Waals surface area contributed by atoms with E-state index in [1.807, 2.05) is 0 Å². The van der Waals surface area contributed by atoms with E-state index in [9.17, 15) is 18.0 Å². The number of nitrogens with one attached hydrogen (secondary N) is 1. The zero-order valence-electron chi connectivity index (χ0n) is 9.29. The maximum atomic E-state index is 12.7. The quantitative estimate of drug-likeness (QED) is 0.889. The van der Waals surface area contributed by atoms with Gasteiger partial charge in [-0.05, 0) is 30.3 Å². The van der Waals surface area contributed by atoms with E-state index >= 15 is 0 Å². The van der Waals surface area contributed by atoms with Crippen molar-refractivity contribution in [1.82, 2.24) is 0 Å². The molecule has 0 fully saturated rings. The first kappa shape index (κ1) is 13.7. The molecular formula is C12H7BrF3NO2. The van der Waals surface area contributed by atoms with Crippen LogP contribution in [-0.4, -0.2) is 5.91 Å². The summed E-state index contributed by atoms with van der Waals surface area (Å²) in [7, 11) is 0. The van der Waals surface area contributed by atoms with Crippen LogP contribution in [0.25, 0.3) is 0 Å². The van der Waals surface area contributed by atoms with Gasteiger partial charge in [-0.25, -0.2) is 0 Å². The van der Waals surface area contributed by atoms with E-state index in [1.165, 1.54) is 30.5 Å². The summed E-state index contributed by atoms with van der Waals surface area (Å²) in [6.07, 6.45) is -3.19. The van der Waals surface area contributed by atoms with E-state index in [1.54, 1.807) is 0 Å². The number of furan rings is 1. The maximum Gasteiger partial charge on any atom is 0.417 e. The van der Waals surface area contributed by atoms with Gasteiger partial charge >= 0.3 is 6.18 Å². The molecule has 1 N–H and O–H groups in total. The van der Waals surface area contributed by atoms with Crippen LogP contribution in [0, 0.1) is 0 Å². The predicted octanol–water partition coefficient (Wildman–Crippen LogP) is 4.31. The topological polar surface area (TPSA) is 42.2 Å². The number of hydrogen-bond acceptors (Lipinski definition) is 2. The largest absolute Gasteiger partial charge is 0.459 e. The second-order valence-corrected chi connectivity index (χ2v) is 4.48. The maximum absolute atomic E-state index is 12.7. The highest BCUT2D eigenvalue weighted by Crippen LogP contribution is 2.36. The molecular weight excluding hydrogens is 327 g/mol. The van der Waals surface area contributed by atoms with Gasteiger partial charge in [-0.15, -0.1) is 0 Å². The average Bonchev–Trinajstić information content (AvgIpc) is 2.83. The monoisotopic (exact) mass is 333 g/mol. The molecule has 0 aliphatic heterocycles. The van der Waals surface area contributed by atoms with Crippen LogP contribution in [0.15, 0.2) is 45.5 Å². The molecule has 1 aromatic carbocycles. The number of anilines is 1. The summed E-state index contributed by atoms with van der Waals surface area (Å²) in [6, 6.07) is 6.36. The Morgan fingerprint density at radius 1 is 1.26 bits per heavy atom. The summed E-state index contributed by atoms with van der Waals surface area (Å²) in [5.41, 5.74) is -0.818. The molecule has 0 saturated heterocycles. The molecule has 1 aromatic heterocycles. The third kappa shape index (κ3) is 3.17. The minimum absolute atomic E-state index is 0.0245. The summed E-state index contributed by atoms with van der Waals surface area (Å²) in [6.45, 7) is 0. The number of carbonyl (C=O) groups excluding carboxylic acids is 1. The first-order chi connectivity index (χ1) is 8.88. The van der Waals surface area contributed by atoms with E-state index < -0.39 is 17.6 Å². The third-order valence-corrected chi connectivity index (χ3v) is 2.97. The highest BCUT2D eigenvalue weighted by atomic mass is 79.9. The zero-order valence-corrected chi connectivity index (χ0v) is 10.9. The lowest BCUT2D eigenvalue weighted by atomic mass is 10.2. The number of halogens is 4. The summed E-state index contributed by atoms with van der Waals surface area (Å²) in [5, 5.41) is 2.33. The second kappa shape index (κ2) is 5.08. The summed E-state index contributed by atoms with van der Waals surface area (Å²) in [5.74, 6) is -0.586. The van der Waals surface area contributed by atoms with Crippen molar-refractivity contribution in [3.05, 3.63) is 52.4 Å². The van der Waals surface area contributed by atoms with Gasteiger partial charge in [0, 0.05) is 10.2 Å². The number of benzene rings is 1. The second-order valence-electron chi connectivity index (χ2n) is 3.62. The molecule has 0 saturated carbocycles. The molecule has 1 heterocycles. The summed E-state index contributed by atoms with van der Waals surface area (Å²) >= 11 is 2.82.